The number of rotatable bonds is 5. The number of amides is 5. The van der Waals surface area contributed by atoms with Gasteiger partial charge in [0.1, 0.15) is 41.0 Å². The molecule has 4 aliphatic rings. The number of hydrogen-bond donors (Lipinski definition) is 3. The summed E-state index contributed by atoms with van der Waals surface area (Å²) in [5.74, 6) is -4.19. The van der Waals surface area contributed by atoms with Crippen molar-refractivity contribution in [1.29, 1.82) is 0 Å². The largest absolute Gasteiger partial charge is 0.444 e. The zero-order valence-electron chi connectivity index (χ0n) is 30.8. The first-order valence-electron chi connectivity index (χ1n) is 18.3. The topological polar surface area (TPSA) is 181 Å². The highest BCUT2D eigenvalue weighted by molar-refractivity contribution is 7.90. The number of nitrogens with zero attached hydrogens (tertiary/aromatic N) is 2. The van der Waals surface area contributed by atoms with E-state index < -0.39 is 86.8 Å². The first-order valence-corrected chi connectivity index (χ1v) is 19.8. The van der Waals surface area contributed by atoms with Crippen LogP contribution >= 0.6 is 0 Å². The molecule has 0 aromatic heterocycles. The predicted molar refractivity (Wildman–Crippen MR) is 192 cm³/mol. The van der Waals surface area contributed by atoms with Crippen LogP contribution in [0.3, 0.4) is 0 Å². The molecule has 0 bridgehead atoms. The molecule has 296 valence electrons. The Kier molecular flexibility index (Phi) is 11.2. The van der Waals surface area contributed by atoms with E-state index in [4.69, 9.17) is 9.47 Å². The van der Waals surface area contributed by atoms with Crippen molar-refractivity contribution in [3.63, 3.8) is 0 Å². The Hall–Kier alpha value is -5.06. The smallest absolute Gasteiger partial charge is 0.410 e. The van der Waals surface area contributed by atoms with E-state index in [1.165, 1.54) is 15.9 Å². The number of ether oxygens (including phenoxy) is 2. The molecular weight excluding hydrogens is 741 g/mol. The van der Waals surface area contributed by atoms with Gasteiger partial charge in [0.15, 0.2) is 0 Å². The SMILES string of the molecule is CC(C)(C)OC(=O)N[C@H]1CCCCC/C=C\[C@H]2C[C@@]2(C(=O)NS(=O)(=O)c2ccc(F)cc2)NC(=O)[C@@H]2C[C@@H](OC(=O)N3Cc4cccc(F)c4C3)CN2C1=O. The van der Waals surface area contributed by atoms with Crippen molar-refractivity contribution in [2.75, 3.05) is 6.54 Å². The van der Waals surface area contributed by atoms with Crippen LogP contribution in [0.25, 0.3) is 0 Å². The molecule has 0 spiro atoms. The highest BCUT2D eigenvalue weighted by Gasteiger charge is 2.61. The molecule has 5 atom stereocenters. The molecule has 55 heavy (non-hydrogen) atoms. The normalized spacial score (nSPS) is 26.3. The summed E-state index contributed by atoms with van der Waals surface area (Å²) in [6.07, 6.45) is 3.55. The second kappa shape index (κ2) is 15.6. The number of sulfonamides is 1. The second-order valence-electron chi connectivity index (χ2n) is 15.4. The maximum Gasteiger partial charge on any atom is 0.410 e. The Bertz CT molecular complexity index is 1990. The molecule has 1 aliphatic carbocycles. The predicted octanol–water partition coefficient (Wildman–Crippen LogP) is 4.18. The third kappa shape index (κ3) is 9.09. The van der Waals surface area contributed by atoms with E-state index in [1.807, 2.05) is 10.8 Å². The van der Waals surface area contributed by atoms with Gasteiger partial charge in [-0.05, 0) is 82.3 Å². The number of carbonyl (C=O) groups is 5. The molecule has 14 nitrogen and oxygen atoms in total. The van der Waals surface area contributed by atoms with Crippen molar-refractivity contribution in [1.82, 2.24) is 25.2 Å². The zero-order valence-corrected chi connectivity index (χ0v) is 31.6. The van der Waals surface area contributed by atoms with Gasteiger partial charge in [0.2, 0.25) is 11.8 Å². The summed E-state index contributed by atoms with van der Waals surface area (Å²) in [5.41, 5.74) is -1.60. The van der Waals surface area contributed by atoms with E-state index in [9.17, 15) is 41.2 Å². The quantitative estimate of drug-likeness (QED) is 0.375. The van der Waals surface area contributed by atoms with E-state index in [-0.39, 0.29) is 43.8 Å². The van der Waals surface area contributed by atoms with Crippen LogP contribution in [0.15, 0.2) is 59.5 Å². The molecule has 0 unspecified atom stereocenters. The summed E-state index contributed by atoms with van der Waals surface area (Å²) >= 11 is 0. The molecule has 3 N–H and O–H groups in total. The van der Waals surface area contributed by atoms with E-state index in [0.29, 0.717) is 36.8 Å². The summed E-state index contributed by atoms with van der Waals surface area (Å²) in [4.78, 5) is 70.9. The summed E-state index contributed by atoms with van der Waals surface area (Å²) in [5, 5.41) is 5.36. The van der Waals surface area contributed by atoms with Crippen molar-refractivity contribution < 1.29 is 50.6 Å². The minimum absolute atomic E-state index is 0.0324. The second-order valence-corrected chi connectivity index (χ2v) is 17.1. The van der Waals surface area contributed by atoms with Crippen LogP contribution in [0.2, 0.25) is 0 Å². The van der Waals surface area contributed by atoms with Gasteiger partial charge in [-0.25, -0.2) is 31.5 Å². The van der Waals surface area contributed by atoms with Crippen LogP contribution in [0.4, 0.5) is 18.4 Å². The Morgan fingerprint density at radius 2 is 1.75 bits per heavy atom. The molecule has 1 saturated heterocycles. The lowest BCUT2D eigenvalue weighted by Gasteiger charge is -2.30. The van der Waals surface area contributed by atoms with Crippen LogP contribution in [0.5, 0.6) is 0 Å². The van der Waals surface area contributed by atoms with Crippen LogP contribution in [0, 0.1) is 17.6 Å². The van der Waals surface area contributed by atoms with Crippen molar-refractivity contribution in [2.24, 2.45) is 5.92 Å². The average Bonchev–Trinajstić information content (AvgIpc) is 3.40. The number of fused-ring (bicyclic) bond motifs is 3. The third-order valence-electron chi connectivity index (χ3n) is 10.1. The Labute approximate surface area is 318 Å². The molecule has 2 fully saturated rings. The highest BCUT2D eigenvalue weighted by atomic mass is 32.2. The number of benzene rings is 2. The molecule has 2 aromatic rings. The Morgan fingerprint density at radius 3 is 2.45 bits per heavy atom. The highest BCUT2D eigenvalue weighted by Crippen LogP contribution is 2.46. The number of carbonyl (C=O) groups excluding carboxylic acids is 5. The van der Waals surface area contributed by atoms with Gasteiger partial charge < -0.3 is 25.0 Å². The maximum atomic E-state index is 14.4. The molecule has 2 aromatic carbocycles. The lowest BCUT2D eigenvalue weighted by Crippen LogP contribution is -2.58. The molecule has 6 rings (SSSR count). The van der Waals surface area contributed by atoms with Gasteiger partial charge in [0.25, 0.3) is 15.9 Å². The van der Waals surface area contributed by atoms with Gasteiger partial charge in [-0.2, -0.15) is 0 Å². The molecule has 3 aliphatic heterocycles. The minimum Gasteiger partial charge on any atom is -0.444 e. The van der Waals surface area contributed by atoms with Crippen LogP contribution in [-0.4, -0.2) is 84.0 Å². The lowest BCUT2D eigenvalue weighted by atomic mass is 10.0. The van der Waals surface area contributed by atoms with Crippen molar-refractivity contribution >= 4 is 39.9 Å². The van der Waals surface area contributed by atoms with Crippen LogP contribution < -0.4 is 15.4 Å². The number of hydrogen-bond acceptors (Lipinski definition) is 9. The number of alkyl carbamates (subject to hydrolysis) is 1. The van der Waals surface area contributed by atoms with E-state index in [1.54, 1.807) is 39.0 Å². The van der Waals surface area contributed by atoms with Gasteiger partial charge >= 0.3 is 12.2 Å². The first-order chi connectivity index (χ1) is 26.0. The zero-order chi connectivity index (χ0) is 39.7. The fraction of sp³-hybridized carbons (Fsp3) is 0.500. The van der Waals surface area contributed by atoms with Gasteiger partial charge in [-0.1, -0.05) is 37.1 Å². The molecule has 1 saturated carbocycles. The summed E-state index contributed by atoms with van der Waals surface area (Å²) < 4.78 is 67.6. The molecule has 0 radical (unpaired) electrons. The first kappa shape index (κ1) is 39.6. The fourth-order valence-electron chi connectivity index (χ4n) is 7.23. The monoisotopic (exact) mass is 785 g/mol. The summed E-state index contributed by atoms with van der Waals surface area (Å²) in [6.45, 7) is 4.84. The third-order valence-corrected chi connectivity index (χ3v) is 11.5. The number of halogens is 2. The molecule has 3 heterocycles. The molecule has 5 amide bonds. The lowest BCUT2D eigenvalue weighted by molar-refractivity contribution is -0.141. The van der Waals surface area contributed by atoms with Crippen LogP contribution in [0.1, 0.15) is 76.8 Å². The Balaban J connectivity index is 1.26. The van der Waals surface area contributed by atoms with Gasteiger partial charge in [0.05, 0.1) is 18.0 Å². The number of nitrogens with one attached hydrogen (secondary N) is 3. The minimum atomic E-state index is -4.48. The molecule has 17 heteroatoms. The van der Waals surface area contributed by atoms with E-state index >= 15 is 0 Å². The standard InChI is InChI=1S/C38H45F2N5O9S/c1-37(2,3)54-35(49)41-30-13-8-6-4-5-7-11-24-19-38(24,34(48)43-55(51,52)27-16-14-25(39)15-17-27)42-32(46)31-18-26(21-45(31)33(30)47)53-36(50)44-20-23-10-9-12-29(40)28(23)22-44/h7,9-12,14-17,24,26,30-31H,4-6,8,13,18-22H2,1-3H3,(H,41,49)(H,42,46)(H,43,48)/b11-7-/t24-,26+,30-,31-,38+/m0/s1. The Morgan fingerprint density at radius 1 is 1.00 bits per heavy atom. The van der Waals surface area contributed by atoms with E-state index in [2.05, 4.69) is 10.6 Å². The summed E-state index contributed by atoms with van der Waals surface area (Å²) in [6, 6.07) is 6.00. The van der Waals surface area contributed by atoms with Gasteiger partial charge in [-0.15, -0.1) is 0 Å². The van der Waals surface area contributed by atoms with E-state index in [0.717, 1.165) is 24.3 Å². The van der Waals surface area contributed by atoms with Crippen molar-refractivity contribution in [3.8, 4) is 0 Å². The van der Waals surface area contributed by atoms with Gasteiger partial charge in [-0.3, -0.25) is 19.3 Å². The number of allylic oxidation sites excluding steroid dienone is 1. The molecular formula is C38H45F2N5O9S. The van der Waals surface area contributed by atoms with Gasteiger partial charge in [0, 0.05) is 24.4 Å². The average molecular weight is 786 g/mol. The van der Waals surface area contributed by atoms with Crippen molar-refractivity contribution in [3.05, 3.63) is 77.4 Å². The van der Waals surface area contributed by atoms with Crippen LogP contribution in [-0.2, 0) is 47.0 Å². The maximum absolute atomic E-state index is 14.4. The summed E-state index contributed by atoms with van der Waals surface area (Å²) in [7, 11) is -4.48. The fourth-order valence-corrected chi connectivity index (χ4v) is 8.27. The van der Waals surface area contributed by atoms with Crippen molar-refractivity contribution in [2.45, 2.75) is 113 Å².